The van der Waals surface area contributed by atoms with E-state index in [1.807, 2.05) is 0 Å². The summed E-state index contributed by atoms with van der Waals surface area (Å²) in [5.74, 6) is 4.13. The maximum atomic E-state index is 4.57. The van der Waals surface area contributed by atoms with E-state index in [0.29, 0.717) is 5.41 Å². The maximum Gasteiger partial charge on any atom is -0.00385 e. The predicted octanol–water partition coefficient (Wildman–Crippen LogP) is 3.77. The molecule has 0 amide bonds. The number of hydrogen-bond acceptors (Lipinski definition) is 1. The normalized spacial score (nSPS) is 49.6. The summed E-state index contributed by atoms with van der Waals surface area (Å²) in [6.45, 7) is 4.83. The van der Waals surface area contributed by atoms with Crippen LogP contribution in [0.4, 0.5) is 0 Å². The third-order valence-electron chi connectivity index (χ3n) is 4.88. The van der Waals surface area contributed by atoms with Crippen molar-refractivity contribution in [2.45, 2.75) is 46.0 Å². The molecule has 0 N–H and O–H groups in total. The van der Waals surface area contributed by atoms with Gasteiger partial charge in [-0.2, -0.15) is 12.6 Å². The lowest BCUT2D eigenvalue weighted by Crippen LogP contribution is -2.37. The first-order chi connectivity index (χ1) is 6.20. The van der Waals surface area contributed by atoms with Crippen LogP contribution in [0.1, 0.15) is 46.0 Å². The fourth-order valence-electron chi connectivity index (χ4n) is 3.66. The average molecular weight is 198 g/mol. The third kappa shape index (κ3) is 1.44. The molecule has 13 heavy (non-hydrogen) atoms. The van der Waals surface area contributed by atoms with Crippen molar-refractivity contribution in [2.75, 3.05) is 5.75 Å². The highest BCUT2D eigenvalue weighted by atomic mass is 32.1. The molecule has 0 spiro atoms. The van der Waals surface area contributed by atoms with Crippen LogP contribution in [-0.4, -0.2) is 5.75 Å². The van der Waals surface area contributed by atoms with Crippen LogP contribution in [0, 0.1) is 23.2 Å². The molecule has 0 nitrogen and oxygen atoms in total. The van der Waals surface area contributed by atoms with Crippen molar-refractivity contribution in [3.63, 3.8) is 0 Å². The van der Waals surface area contributed by atoms with Gasteiger partial charge in [-0.15, -0.1) is 0 Å². The van der Waals surface area contributed by atoms with Crippen LogP contribution >= 0.6 is 12.6 Å². The van der Waals surface area contributed by atoms with Crippen LogP contribution in [0.25, 0.3) is 0 Å². The van der Waals surface area contributed by atoms with Gasteiger partial charge in [0.1, 0.15) is 0 Å². The summed E-state index contributed by atoms with van der Waals surface area (Å²) in [5, 5.41) is 0. The number of hydrogen-bond donors (Lipinski definition) is 1. The van der Waals surface area contributed by atoms with Crippen LogP contribution in [0.5, 0.6) is 0 Å². The molecule has 0 aliphatic heterocycles. The topological polar surface area (TPSA) is 0 Å². The molecule has 2 unspecified atom stereocenters. The summed E-state index contributed by atoms with van der Waals surface area (Å²) in [7, 11) is 0. The first kappa shape index (κ1) is 9.89. The van der Waals surface area contributed by atoms with Gasteiger partial charge < -0.3 is 0 Å². The van der Waals surface area contributed by atoms with E-state index in [-0.39, 0.29) is 0 Å². The van der Waals surface area contributed by atoms with E-state index in [2.05, 4.69) is 26.5 Å². The van der Waals surface area contributed by atoms with Crippen molar-refractivity contribution in [1.29, 1.82) is 0 Å². The second-order valence-corrected chi connectivity index (χ2v) is 5.70. The smallest absolute Gasteiger partial charge is 0.00385 e. The van der Waals surface area contributed by atoms with Crippen LogP contribution in [0.2, 0.25) is 0 Å². The third-order valence-corrected chi connectivity index (χ3v) is 5.56. The van der Waals surface area contributed by atoms with E-state index in [4.69, 9.17) is 0 Å². The summed E-state index contributed by atoms with van der Waals surface area (Å²) in [6.07, 6.45) is 7.35. The van der Waals surface area contributed by atoms with E-state index in [1.165, 1.54) is 32.1 Å². The molecule has 1 heteroatoms. The van der Waals surface area contributed by atoms with Crippen LogP contribution in [0.15, 0.2) is 0 Å². The molecule has 2 saturated carbocycles. The summed E-state index contributed by atoms with van der Waals surface area (Å²) in [4.78, 5) is 0. The van der Waals surface area contributed by atoms with Crippen molar-refractivity contribution < 1.29 is 0 Å². The molecule has 2 rings (SSSR count). The van der Waals surface area contributed by atoms with Gasteiger partial charge in [-0.25, -0.2) is 0 Å². The molecule has 0 aromatic heterocycles. The summed E-state index contributed by atoms with van der Waals surface area (Å²) in [5.41, 5.74) is 0.592. The molecule has 0 radical (unpaired) electrons. The molecular formula is C12H22S. The average Bonchev–Trinajstić information content (AvgIpc) is 2.39. The monoisotopic (exact) mass is 198 g/mol. The standard InChI is InChI=1S/C12H22S/c1-3-9-6-10-4-5-11(7-9)12(10,2)8-13/h9-11,13H,3-8H2,1-2H3. The molecule has 2 bridgehead atoms. The van der Waals surface area contributed by atoms with Gasteiger partial charge in [0.15, 0.2) is 0 Å². The van der Waals surface area contributed by atoms with E-state index in [1.54, 1.807) is 0 Å². The van der Waals surface area contributed by atoms with Crippen molar-refractivity contribution in [3.05, 3.63) is 0 Å². The van der Waals surface area contributed by atoms with Gasteiger partial charge in [-0.1, -0.05) is 20.3 Å². The number of fused-ring (bicyclic) bond motifs is 2. The number of rotatable bonds is 2. The predicted molar refractivity (Wildman–Crippen MR) is 61.2 cm³/mol. The van der Waals surface area contributed by atoms with Gasteiger partial charge in [0.05, 0.1) is 0 Å². The fraction of sp³-hybridized carbons (Fsp3) is 1.00. The lowest BCUT2D eigenvalue weighted by atomic mass is 9.64. The zero-order valence-corrected chi connectivity index (χ0v) is 9.82. The van der Waals surface area contributed by atoms with Crippen molar-refractivity contribution >= 4 is 12.6 Å². The Labute approximate surface area is 87.9 Å². The largest absolute Gasteiger partial charge is 0.179 e. The van der Waals surface area contributed by atoms with Gasteiger partial charge >= 0.3 is 0 Å². The van der Waals surface area contributed by atoms with Crippen molar-refractivity contribution in [1.82, 2.24) is 0 Å². The highest BCUT2D eigenvalue weighted by Gasteiger charge is 2.49. The molecule has 0 aromatic carbocycles. The molecule has 0 heterocycles. The summed E-state index contributed by atoms with van der Waals surface area (Å²) in [6, 6.07) is 0. The summed E-state index contributed by atoms with van der Waals surface area (Å²) < 4.78 is 0. The molecule has 0 saturated heterocycles. The zero-order valence-electron chi connectivity index (χ0n) is 8.92. The van der Waals surface area contributed by atoms with Crippen LogP contribution in [-0.2, 0) is 0 Å². The van der Waals surface area contributed by atoms with Crippen molar-refractivity contribution in [2.24, 2.45) is 23.2 Å². The minimum atomic E-state index is 0.592. The van der Waals surface area contributed by atoms with Gasteiger partial charge in [0.25, 0.3) is 0 Å². The van der Waals surface area contributed by atoms with Gasteiger partial charge in [-0.3, -0.25) is 0 Å². The minimum Gasteiger partial charge on any atom is -0.179 e. The molecule has 76 valence electrons. The lowest BCUT2D eigenvalue weighted by Gasteiger charge is -2.43. The zero-order chi connectivity index (χ0) is 9.47. The first-order valence-electron chi connectivity index (χ1n) is 5.81. The summed E-state index contributed by atoms with van der Waals surface area (Å²) >= 11 is 4.57. The Balaban J connectivity index is 2.13. The second-order valence-electron chi connectivity index (χ2n) is 5.38. The second kappa shape index (κ2) is 3.49. The van der Waals surface area contributed by atoms with Crippen LogP contribution < -0.4 is 0 Å². The van der Waals surface area contributed by atoms with Gasteiger partial charge in [0.2, 0.25) is 0 Å². The molecule has 2 aliphatic carbocycles. The molecule has 0 aromatic rings. The molecular weight excluding hydrogens is 176 g/mol. The Kier molecular flexibility index (Phi) is 2.65. The maximum absolute atomic E-state index is 4.57. The Hall–Kier alpha value is 0.350. The highest BCUT2D eigenvalue weighted by Crippen LogP contribution is 2.57. The Morgan fingerprint density at radius 3 is 2.15 bits per heavy atom. The Morgan fingerprint density at radius 2 is 1.77 bits per heavy atom. The van der Waals surface area contributed by atoms with Gasteiger partial charge in [0, 0.05) is 0 Å². The van der Waals surface area contributed by atoms with Gasteiger partial charge in [-0.05, 0) is 54.6 Å². The minimum absolute atomic E-state index is 0.592. The Morgan fingerprint density at radius 1 is 1.23 bits per heavy atom. The van der Waals surface area contributed by atoms with E-state index < -0.39 is 0 Å². The molecule has 2 aliphatic rings. The molecule has 2 atom stereocenters. The number of thiol groups is 1. The Bertz CT molecular complexity index is 174. The van der Waals surface area contributed by atoms with Crippen LogP contribution in [0.3, 0.4) is 0 Å². The molecule has 2 fully saturated rings. The quantitative estimate of drug-likeness (QED) is 0.642. The lowest BCUT2D eigenvalue weighted by molar-refractivity contribution is 0.0890. The van der Waals surface area contributed by atoms with E-state index >= 15 is 0 Å². The van der Waals surface area contributed by atoms with E-state index in [0.717, 1.165) is 23.5 Å². The van der Waals surface area contributed by atoms with Crippen molar-refractivity contribution in [3.8, 4) is 0 Å². The fourth-order valence-corrected chi connectivity index (χ4v) is 4.18. The SMILES string of the molecule is CCC1CC2CCC(C1)C2(C)CS. The van der Waals surface area contributed by atoms with E-state index in [9.17, 15) is 0 Å². The first-order valence-corrected chi connectivity index (χ1v) is 6.44. The highest BCUT2D eigenvalue weighted by molar-refractivity contribution is 7.80.